The summed E-state index contributed by atoms with van der Waals surface area (Å²) in [6.07, 6.45) is 4.06. The fourth-order valence-electron chi connectivity index (χ4n) is 3.29. The lowest BCUT2D eigenvalue weighted by molar-refractivity contribution is 0.0459. The summed E-state index contributed by atoms with van der Waals surface area (Å²) in [5.74, 6) is 0.272. The van der Waals surface area contributed by atoms with Crippen LogP contribution in [0.25, 0.3) is 0 Å². The largest absolute Gasteiger partial charge is 0.378 e. The molecule has 0 unspecified atom stereocenters. The molecule has 0 N–H and O–H groups in total. The van der Waals surface area contributed by atoms with E-state index in [9.17, 15) is 4.79 Å². The monoisotopic (exact) mass is 308 g/mol. The Balaban J connectivity index is 1.73. The summed E-state index contributed by atoms with van der Waals surface area (Å²) in [6, 6.07) is 0. The predicted octanol–water partition coefficient (Wildman–Crippen LogP) is 3.30. The maximum Gasteiger partial charge on any atom is 0.186 e. The number of Topliss-reactive ketones (excluding diaryl/α,β-unsaturated/α-hetero) is 1. The third-order valence-electron chi connectivity index (χ3n) is 4.34. The van der Waals surface area contributed by atoms with E-state index in [0.29, 0.717) is 12.5 Å². The Labute approximate surface area is 130 Å². The molecule has 1 saturated heterocycles. The molecule has 1 aromatic heterocycles. The highest BCUT2D eigenvalue weighted by atomic mass is 32.1. The van der Waals surface area contributed by atoms with Crippen molar-refractivity contribution >= 4 is 22.3 Å². The Kier molecular flexibility index (Phi) is 4.06. The Morgan fingerprint density at radius 3 is 2.71 bits per heavy atom. The quantitative estimate of drug-likeness (QED) is 0.859. The summed E-state index contributed by atoms with van der Waals surface area (Å²) < 4.78 is 5.69. The number of carbonyl (C=O) groups is 1. The van der Waals surface area contributed by atoms with E-state index < -0.39 is 0 Å². The number of aromatic nitrogens is 1. The summed E-state index contributed by atoms with van der Waals surface area (Å²) in [5.41, 5.74) is 1.07. The van der Waals surface area contributed by atoms with Crippen molar-refractivity contribution in [2.45, 2.75) is 52.6 Å². The van der Waals surface area contributed by atoms with Crippen molar-refractivity contribution in [2.75, 3.05) is 24.6 Å². The molecule has 1 fully saturated rings. The van der Waals surface area contributed by atoms with Gasteiger partial charge in [-0.15, -0.1) is 0 Å². The van der Waals surface area contributed by atoms with Crippen LogP contribution >= 0.6 is 11.3 Å². The summed E-state index contributed by atoms with van der Waals surface area (Å²) >= 11 is 1.59. The van der Waals surface area contributed by atoms with Crippen molar-refractivity contribution in [3.05, 3.63) is 10.6 Å². The minimum Gasteiger partial charge on any atom is -0.378 e. The molecule has 1 aliphatic heterocycles. The second-order valence-electron chi connectivity index (χ2n) is 6.85. The van der Waals surface area contributed by atoms with Gasteiger partial charge in [-0.3, -0.25) is 4.79 Å². The molecule has 1 aromatic rings. The first-order valence-electron chi connectivity index (χ1n) is 7.88. The number of piperidine rings is 1. The maximum atomic E-state index is 12.3. The summed E-state index contributed by atoms with van der Waals surface area (Å²) in [6.45, 7) is 9.11. The van der Waals surface area contributed by atoms with Gasteiger partial charge in [-0.2, -0.15) is 0 Å². The number of carbonyl (C=O) groups excluding carboxylic acids is 1. The number of hydrogen-bond acceptors (Lipinski definition) is 5. The normalized spacial score (nSPS) is 22.4. The molecule has 1 aliphatic carbocycles. The van der Waals surface area contributed by atoms with E-state index in [4.69, 9.17) is 9.72 Å². The molecule has 0 saturated carbocycles. The van der Waals surface area contributed by atoms with Gasteiger partial charge in [0.05, 0.1) is 16.7 Å². The minimum atomic E-state index is 0.0530. The highest BCUT2D eigenvalue weighted by Gasteiger charge is 2.35. The first-order chi connectivity index (χ1) is 9.98. The van der Waals surface area contributed by atoms with E-state index in [1.54, 1.807) is 11.3 Å². The standard InChI is InChI=1S/C16H24N2O2S/c1-4-20-11-5-7-18(8-6-11)15-17-12-9-16(2,3)10-13(19)14(12)21-15/h11H,4-10H2,1-3H3. The van der Waals surface area contributed by atoms with Crippen LogP contribution in [0, 0.1) is 5.41 Å². The number of rotatable bonds is 3. The topological polar surface area (TPSA) is 42.4 Å². The molecule has 0 radical (unpaired) electrons. The first-order valence-corrected chi connectivity index (χ1v) is 8.69. The lowest BCUT2D eigenvalue weighted by atomic mass is 9.78. The van der Waals surface area contributed by atoms with Crippen molar-refractivity contribution in [1.82, 2.24) is 4.98 Å². The van der Waals surface area contributed by atoms with Gasteiger partial charge in [-0.05, 0) is 31.6 Å². The van der Waals surface area contributed by atoms with Crippen LogP contribution in [0.4, 0.5) is 5.13 Å². The molecule has 0 bridgehead atoms. The SMILES string of the molecule is CCOC1CCN(c2nc3c(s2)C(=O)CC(C)(C)C3)CC1. The zero-order chi connectivity index (χ0) is 15.0. The summed E-state index contributed by atoms with van der Waals surface area (Å²) in [7, 11) is 0. The smallest absolute Gasteiger partial charge is 0.186 e. The Morgan fingerprint density at radius 1 is 1.33 bits per heavy atom. The van der Waals surface area contributed by atoms with Crippen LogP contribution in [-0.4, -0.2) is 36.6 Å². The van der Waals surface area contributed by atoms with Gasteiger partial charge in [0, 0.05) is 26.1 Å². The van der Waals surface area contributed by atoms with Crippen LogP contribution in [0.2, 0.25) is 0 Å². The van der Waals surface area contributed by atoms with Gasteiger partial charge in [0.1, 0.15) is 0 Å². The number of hydrogen-bond donors (Lipinski definition) is 0. The maximum absolute atomic E-state index is 12.3. The number of ketones is 1. The van der Waals surface area contributed by atoms with Crippen molar-refractivity contribution in [1.29, 1.82) is 0 Å². The fourth-order valence-corrected chi connectivity index (χ4v) is 4.36. The van der Waals surface area contributed by atoms with E-state index in [0.717, 1.165) is 54.7 Å². The van der Waals surface area contributed by atoms with E-state index in [1.807, 2.05) is 0 Å². The average molecular weight is 308 g/mol. The van der Waals surface area contributed by atoms with Crippen LogP contribution in [0.1, 0.15) is 55.4 Å². The number of thiazole rings is 1. The van der Waals surface area contributed by atoms with E-state index in [1.165, 1.54) is 0 Å². The van der Waals surface area contributed by atoms with Crippen LogP contribution in [-0.2, 0) is 11.2 Å². The molecule has 4 nitrogen and oxygen atoms in total. The predicted molar refractivity (Wildman–Crippen MR) is 85.4 cm³/mol. The fraction of sp³-hybridized carbons (Fsp3) is 0.750. The van der Waals surface area contributed by atoms with E-state index >= 15 is 0 Å². The van der Waals surface area contributed by atoms with Crippen molar-refractivity contribution < 1.29 is 9.53 Å². The second kappa shape index (κ2) is 5.69. The molecule has 21 heavy (non-hydrogen) atoms. The van der Waals surface area contributed by atoms with Crippen molar-refractivity contribution in [3.8, 4) is 0 Å². The number of anilines is 1. The lowest BCUT2D eigenvalue weighted by Gasteiger charge is -2.31. The van der Waals surface area contributed by atoms with Crippen molar-refractivity contribution in [3.63, 3.8) is 0 Å². The molecular weight excluding hydrogens is 284 g/mol. The van der Waals surface area contributed by atoms with Crippen LogP contribution in [0.3, 0.4) is 0 Å². The lowest BCUT2D eigenvalue weighted by Crippen LogP contribution is -2.37. The Morgan fingerprint density at radius 2 is 2.05 bits per heavy atom. The average Bonchev–Trinajstić information content (AvgIpc) is 2.82. The first kappa shape index (κ1) is 15.0. The van der Waals surface area contributed by atoms with E-state index in [2.05, 4.69) is 25.7 Å². The Bertz CT molecular complexity index is 530. The van der Waals surface area contributed by atoms with Crippen molar-refractivity contribution in [2.24, 2.45) is 5.41 Å². The Hall–Kier alpha value is -0.940. The van der Waals surface area contributed by atoms with Crippen LogP contribution < -0.4 is 4.90 Å². The molecule has 0 atom stereocenters. The molecule has 3 rings (SSSR count). The second-order valence-corrected chi connectivity index (χ2v) is 7.83. The van der Waals surface area contributed by atoms with Gasteiger partial charge in [0.2, 0.25) is 0 Å². The molecule has 0 aromatic carbocycles. The van der Waals surface area contributed by atoms with Gasteiger partial charge in [-0.1, -0.05) is 25.2 Å². The molecule has 5 heteroatoms. The van der Waals surface area contributed by atoms with Crippen LogP contribution in [0.15, 0.2) is 0 Å². The summed E-state index contributed by atoms with van der Waals surface area (Å²) in [4.78, 5) is 20.3. The zero-order valence-corrected chi connectivity index (χ0v) is 14.0. The van der Waals surface area contributed by atoms with Gasteiger partial charge in [0.15, 0.2) is 10.9 Å². The highest BCUT2D eigenvalue weighted by molar-refractivity contribution is 7.17. The molecule has 0 spiro atoms. The molecule has 2 heterocycles. The van der Waals surface area contributed by atoms with Gasteiger partial charge in [0.25, 0.3) is 0 Å². The van der Waals surface area contributed by atoms with Crippen LogP contribution in [0.5, 0.6) is 0 Å². The third-order valence-corrected chi connectivity index (χ3v) is 5.54. The number of ether oxygens (including phenoxy) is 1. The third kappa shape index (κ3) is 3.14. The number of fused-ring (bicyclic) bond motifs is 1. The van der Waals surface area contributed by atoms with Gasteiger partial charge in [-0.25, -0.2) is 4.98 Å². The molecule has 2 aliphatic rings. The van der Waals surface area contributed by atoms with Gasteiger partial charge < -0.3 is 9.64 Å². The molecule has 0 amide bonds. The van der Waals surface area contributed by atoms with E-state index in [-0.39, 0.29) is 11.2 Å². The highest BCUT2D eigenvalue weighted by Crippen LogP contribution is 2.39. The minimum absolute atomic E-state index is 0.0530. The van der Waals surface area contributed by atoms with Gasteiger partial charge >= 0.3 is 0 Å². The zero-order valence-electron chi connectivity index (χ0n) is 13.1. The molecule has 116 valence electrons. The summed E-state index contributed by atoms with van der Waals surface area (Å²) in [5, 5.41) is 1.03. The number of nitrogens with zero attached hydrogens (tertiary/aromatic N) is 2. The molecular formula is C16H24N2O2S.